The molecule has 1 atom stereocenters. The lowest BCUT2D eigenvalue weighted by Gasteiger charge is -2.28. The van der Waals surface area contributed by atoms with Crippen LogP contribution in [0.3, 0.4) is 0 Å². The Bertz CT molecular complexity index is 1270. The number of rotatable bonds is 12. The zero-order chi connectivity index (χ0) is 25.4. The lowest BCUT2D eigenvalue weighted by molar-refractivity contribution is -0.00892. The fraction of sp³-hybridized carbons (Fsp3) is 0.308. The van der Waals surface area contributed by atoms with Gasteiger partial charge in [-0.3, -0.25) is 0 Å². The normalized spacial score (nSPS) is 13.2. The number of aromatic nitrogens is 6. The second kappa shape index (κ2) is 11.7. The van der Waals surface area contributed by atoms with Gasteiger partial charge in [-0.05, 0) is 30.2 Å². The van der Waals surface area contributed by atoms with Gasteiger partial charge in [0.2, 0.25) is 0 Å². The van der Waals surface area contributed by atoms with Gasteiger partial charge in [0.15, 0.2) is 0 Å². The SMILES string of the molecule is CCCC/C=C/c1ccc(OCc2cn(CC(O)(Cn3cncn3)c3ccc(F)cc3F)nn2)cc1. The Morgan fingerprint density at radius 3 is 2.61 bits per heavy atom. The number of nitrogens with zero attached hydrogens (tertiary/aromatic N) is 6. The summed E-state index contributed by atoms with van der Waals surface area (Å²) < 4.78 is 36.7. The molecule has 0 fully saturated rings. The van der Waals surface area contributed by atoms with Crippen molar-refractivity contribution in [3.63, 3.8) is 0 Å². The van der Waals surface area contributed by atoms with Crippen molar-refractivity contribution < 1.29 is 18.6 Å². The van der Waals surface area contributed by atoms with Gasteiger partial charge in [0.1, 0.15) is 47.9 Å². The van der Waals surface area contributed by atoms with Gasteiger partial charge < -0.3 is 9.84 Å². The minimum atomic E-state index is -1.79. The van der Waals surface area contributed by atoms with Gasteiger partial charge in [-0.1, -0.05) is 55.3 Å². The number of benzene rings is 2. The Kier molecular flexibility index (Phi) is 8.17. The highest BCUT2D eigenvalue weighted by Gasteiger charge is 2.34. The minimum absolute atomic E-state index is 0.0865. The van der Waals surface area contributed by atoms with Crippen LogP contribution in [0.25, 0.3) is 6.08 Å². The van der Waals surface area contributed by atoms with Gasteiger partial charge >= 0.3 is 0 Å². The first kappa shape index (κ1) is 25.2. The fourth-order valence-electron chi connectivity index (χ4n) is 3.79. The highest BCUT2D eigenvalue weighted by atomic mass is 19.1. The van der Waals surface area contributed by atoms with Crippen molar-refractivity contribution in [2.75, 3.05) is 0 Å². The van der Waals surface area contributed by atoms with E-state index in [0.29, 0.717) is 11.4 Å². The van der Waals surface area contributed by atoms with Crippen LogP contribution in [0, 0.1) is 11.6 Å². The van der Waals surface area contributed by atoms with Crippen molar-refractivity contribution in [1.82, 2.24) is 29.8 Å². The number of aliphatic hydroxyl groups is 1. The van der Waals surface area contributed by atoms with E-state index in [1.807, 2.05) is 24.3 Å². The maximum atomic E-state index is 14.6. The number of halogens is 2. The molecular formula is C26H28F2N6O2. The van der Waals surface area contributed by atoms with E-state index in [9.17, 15) is 13.9 Å². The standard InChI is InChI=1S/C26H28F2N6O2/c1-2-3-4-5-6-20-7-10-23(11-8-20)36-15-22-14-33(32-31-22)16-26(35,17-34-19-29-18-30-34)24-12-9-21(27)13-25(24)28/h5-14,18-19,35H,2-4,15-17H2,1H3/b6-5+. The summed E-state index contributed by atoms with van der Waals surface area (Å²) in [7, 11) is 0. The van der Waals surface area contributed by atoms with Gasteiger partial charge in [0.05, 0.1) is 19.3 Å². The second-order valence-corrected chi connectivity index (χ2v) is 8.56. The number of unbranched alkanes of at least 4 members (excludes halogenated alkanes) is 2. The first-order valence-electron chi connectivity index (χ1n) is 11.7. The van der Waals surface area contributed by atoms with Gasteiger partial charge in [0, 0.05) is 11.6 Å². The average Bonchev–Trinajstić information content (AvgIpc) is 3.53. The Morgan fingerprint density at radius 2 is 1.89 bits per heavy atom. The van der Waals surface area contributed by atoms with E-state index in [0.717, 1.165) is 24.1 Å². The van der Waals surface area contributed by atoms with Crippen molar-refractivity contribution in [3.8, 4) is 5.75 Å². The number of allylic oxidation sites excluding steroid dienone is 1. The van der Waals surface area contributed by atoms with Crippen LogP contribution in [0.4, 0.5) is 8.78 Å². The highest BCUT2D eigenvalue weighted by Crippen LogP contribution is 2.28. The molecular weight excluding hydrogens is 466 g/mol. The van der Waals surface area contributed by atoms with Crippen LogP contribution in [-0.2, 0) is 25.3 Å². The zero-order valence-electron chi connectivity index (χ0n) is 20.0. The highest BCUT2D eigenvalue weighted by molar-refractivity contribution is 5.50. The first-order chi connectivity index (χ1) is 17.4. The van der Waals surface area contributed by atoms with Crippen LogP contribution in [0.5, 0.6) is 5.75 Å². The Balaban J connectivity index is 1.42. The monoisotopic (exact) mass is 494 g/mol. The predicted molar refractivity (Wildman–Crippen MR) is 130 cm³/mol. The summed E-state index contributed by atoms with van der Waals surface area (Å²) >= 11 is 0. The molecule has 8 nitrogen and oxygen atoms in total. The molecule has 2 aromatic carbocycles. The molecule has 0 amide bonds. The van der Waals surface area contributed by atoms with Crippen molar-refractivity contribution in [2.45, 2.75) is 51.5 Å². The molecule has 10 heteroatoms. The fourth-order valence-corrected chi connectivity index (χ4v) is 3.79. The van der Waals surface area contributed by atoms with E-state index in [1.165, 1.54) is 40.9 Å². The zero-order valence-corrected chi connectivity index (χ0v) is 20.0. The molecule has 0 spiro atoms. The van der Waals surface area contributed by atoms with E-state index >= 15 is 0 Å². The molecule has 0 radical (unpaired) electrons. The topological polar surface area (TPSA) is 90.9 Å². The van der Waals surface area contributed by atoms with Gasteiger partial charge in [-0.15, -0.1) is 5.10 Å². The summed E-state index contributed by atoms with van der Waals surface area (Å²) in [5.74, 6) is -0.920. The van der Waals surface area contributed by atoms with Crippen molar-refractivity contribution in [3.05, 3.63) is 95.8 Å². The molecule has 0 bridgehead atoms. The van der Waals surface area contributed by atoms with Crippen LogP contribution in [-0.4, -0.2) is 34.9 Å². The van der Waals surface area contributed by atoms with Crippen LogP contribution in [0.15, 0.2) is 67.4 Å². The van der Waals surface area contributed by atoms with Crippen molar-refractivity contribution in [1.29, 1.82) is 0 Å². The molecule has 1 unspecified atom stereocenters. The molecule has 36 heavy (non-hydrogen) atoms. The summed E-state index contributed by atoms with van der Waals surface area (Å²) in [5.41, 5.74) is -0.250. The summed E-state index contributed by atoms with van der Waals surface area (Å²) in [6.07, 6.45) is 12.0. The average molecular weight is 495 g/mol. The molecule has 4 aromatic rings. The largest absolute Gasteiger partial charge is 0.487 e. The number of ether oxygens (including phenoxy) is 1. The Hall–Kier alpha value is -3.92. The third-order valence-electron chi connectivity index (χ3n) is 5.63. The van der Waals surface area contributed by atoms with Crippen LogP contribution in [0.1, 0.15) is 43.0 Å². The minimum Gasteiger partial charge on any atom is -0.487 e. The van der Waals surface area contributed by atoms with Gasteiger partial charge in [-0.25, -0.2) is 23.1 Å². The summed E-state index contributed by atoms with van der Waals surface area (Å²) in [5, 5.41) is 23.6. The summed E-state index contributed by atoms with van der Waals surface area (Å²) in [6.45, 7) is 2.06. The Labute approximate surface area is 207 Å². The predicted octanol–water partition coefficient (Wildman–Crippen LogP) is 4.52. The van der Waals surface area contributed by atoms with Crippen LogP contribution >= 0.6 is 0 Å². The lowest BCUT2D eigenvalue weighted by atomic mass is 9.93. The molecule has 1 N–H and O–H groups in total. The van der Waals surface area contributed by atoms with E-state index in [4.69, 9.17) is 4.74 Å². The molecule has 0 aliphatic carbocycles. The van der Waals surface area contributed by atoms with Gasteiger partial charge in [-0.2, -0.15) is 5.10 Å². The van der Waals surface area contributed by atoms with E-state index < -0.39 is 17.2 Å². The van der Waals surface area contributed by atoms with E-state index in [2.05, 4.69) is 39.5 Å². The quantitative estimate of drug-likeness (QED) is 0.291. The second-order valence-electron chi connectivity index (χ2n) is 8.56. The van der Waals surface area contributed by atoms with Crippen molar-refractivity contribution >= 4 is 6.08 Å². The molecule has 188 valence electrons. The molecule has 2 heterocycles. The molecule has 4 rings (SSSR count). The lowest BCUT2D eigenvalue weighted by Crippen LogP contribution is -2.37. The Morgan fingerprint density at radius 1 is 1.08 bits per heavy atom. The first-order valence-corrected chi connectivity index (χ1v) is 11.7. The molecule has 0 aliphatic rings. The third-order valence-corrected chi connectivity index (χ3v) is 5.63. The third kappa shape index (κ3) is 6.60. The maximum absolute atomic E-state index is 14.6. The van der Waals surface area contributed by atoms with Crippen LogP contribution in [0.2, 0.25) is 0 Å². The summed E-state index contributed by atoms with van der Waals surface area (Å²) in [4.78, 5) is 3.86. The van der Waals surface area contributed by atoms with E-state index in [1.54, 1.807) is 6.20 Å². The van der Waals surface area contributed by atoms with E-state index in [-0.39, 0.29) is 25.3 Å². The van der Waals surface area contributed by atoms with Crippen LogP contribution < -0.4 is 4.74 Å². The smallest absolute Gasteiger partial charge is 0.137 e. The van der Waals surface area contributed by atoms with Crippen molar-refractivity contribution in [2.24, 2.45) is 0 Å². The number of hydrogen-bond acceptors (Lipinski definition) is 6. The number of hydrogen-bond donors (Lipinski definition) is 1. The molecule has 0 saturated carbocycles. The van der Waals surface area contributed by atoms with Gasteiger partial charge in [0.25, 0.3) is 0 Å². The maximum Gasteiger partial charge on any atom is 0.137 e. The molecule has 0 saturated heterocycles. The molecule has 0 aliphatic heterocycles. The molecule has 2 aromatic heterocycles. The summed E-state index contributed by atoms with van der Waals surface area (Å²) in [6, 6.07) is 10.8.